The van der Waals surface area contributed by atoms with Gasteiger partial charge in [0.25, 0.3) is 5.91 Å². The molecule has 3 aromatic heterocycles. The minimum absolute atomic E-state index is 0.0830. The lowest BCUT2D eigenvalue weighted by molar-refractivity contribution is -0.0298. The molecule has 5 heterocycles. The van der Waals surface area contributed by atoms with Crippen LogP contribution in [-0.4, -0.2) is 57.0 Å². The Morgan fingerprint density at radius 1 is 1.31 bits per heavy atom. The number of hydrogen-bond donors (Lipinski definition) is 1. The second kappa shape index (κ2) is 7.07. The van der Waals surface area contributed by atoms with E-state index in [1.165, 1.54) is 0 Å². The highest BCUT2D eigenvalue weighted by molar-refractivity contribution is 5.94. The number of amides is 1. The van der Waals surface area contributed by atoms with Gasteiger partial charge in [0.2, 0.25) is 0 Å². The van der Waals surface area contributed by atoms with Crippen LogP contribution in [0.2, 0.25) is 0 Å². The Bertz CT molecular complexity index is 1090. The topological polar surface area (TPSA) is 97.5 Å². The van der Waals surface area contributed by atoms with E-state index in [1.54, 1.807) is 17.0 Å². The van der Waals surface area contributed by atoms with E-state index in [9.17, 15) is 4.79 Å². The minimum atomic E-state index is -0.0830. The van der Waals surface area contributed by atoms with Gasteiger partial charge in [0.15, 0.2) is 11.5 Å². The van der Waals surface area contributed by atoms with Crippen molar-refractivity contribution >= 4 is 17.4 Å². The summed E-state index contributed by atoms with van der Waals surface area (Å²) in [5.41, 5.74) is 5.66. The van der Waals surface area contributed by atoms with Crippen LogP contribution in [0.1, 0.15) is 32.7 Å². The Hall–Kier alpha value is -3.07. The molecular weight excluding hydrogens is 370 g/mol. The second-order valence-corrected chi connectivity index (χ2v) is 7.79. The lowest BCUT2D eigenvalue weighted by atomic mass is 10.0. The van der Waals surface area contributed by atoms with Crippen LogP contribution in [0.25, 0.3) is 5.65 Å². The maximum atomic E-state index is 12.5. The van der Waals surface area contributed by atoms with Crippen LogP contribution >= 0.6 is 0 Å². The summed E-state index contributed by atoms with van der Waals surface area (Å²) in [6.07, 6.45) is 4.12. The van der Waals surface area contributed by atoms with Gasteiger partial charge in [-0.15, -0.1) is 15.3 Å². The van der Waals surface area contributed by atoms with Gasteiger partial charge in [-0.25, -0.2) is 0 Å². The number of fused-ring (bicyclic) bond motifs is 2. The first-order valence-electron chi connectivity index (χ1n) is 9.86. The molecule has 5 rings (SSSR count). The molecule has 0 spiro atoms. The summed E-state index contributed by atoms with van der Waals surface area (Å²) in [5, 5.41) is 15.8. The van der Waals surface area contributed by atoms with Crippen LogP contribution in [0.15, 0.2) is 18.6 Å². The molecular formula is C20H23N7O2. The Kier molecular flexibility index (Phi) is 4.39. The lowest BCUT2D eigenvalue weighted by Gasteiger charge is -2.30. The molecule has 9 nitrogen and oxygen atoms in total. The smallest absolute Gasteiger partial charge is 0.252 e. The number of pyridine rings is 1. The summed E-state index contributed by atoms with van der Waals surface area (Å²) < 4.78 is 6.88. The Morgan fingerprint density at radius 2 is 2.17 bits per heavy atom. The Morgan fingerprint density at radius 3 is 2.97 bits per heavy atom. The van der Waals surface area contributed by atoms with Crippen molar-refractivity contribution in [3.8, 4) is 0 Å². The van der Waals surface area contributed by atoms with Gasteiger partial charge >= 0.3 is 0 Å². The van der Waals surface area contributed by atoms with Crippen molar-refractivity contribution in [3.05, 3.63) is 46.5 Å². The number of nitrogens with zero attached hydrogens (tertiary/aromatic N) is 6. The van der Waals surface area contributed by atoms with E-state index < -0.39 is 0 Å². The standard InChI is InChI=1S/C20H23N7O2/c1-12-13(2)19(25-27-11-23-24-18(12)27)26-4-3-17-16(8-26)5-15(7-21-17)20(28)22-6-14-9-29-10-14/h5,7,11,14H,3-4,6,8-10H2,1-2H3,(H,22,28). The molecule has 0 radical (unpaired) electrons. The number of aryl methyl sites for hydroxylation is 1. The van der Waals surface area contributed by atoms with Crippen molar-refractivity contribution in [1.29, 1.82) is 0 Å². The second-order valence-electron chi connectivity index (χ2n) is 7.79. The zero-order valence-electron chi connectivity index (χ0n) is 16.6. The molecule has 9 heteroatoms. The van der Waals surface area contributed by atoms with Crippen LogP contribution in [0.4, 0.5) is 5.82 Å². The van der Waals surface area contributed by atoms with E-state index in [0.717, 1.165) is 60.0 Å². The number of hydrogen-bond acceptors (Lipinski definition) is 7. The molecule has 0 atom stereocenters. The molecule has 1 N–H and O–H groups in total. The quantitative estimate of drug-likeness (QED) is 0.708. The highest BCUT2D eigenvalue weighted by Crippen LogP contribution is 2.27. The number of anilines is 1. The summed E-state index contributed by atoms with van der Waals surface area (Å²) in [4.78, 5) is 19.3. The molecule has 2 aliphatic heterocycles. The number of rotatable bonds is 4. The number of carbonyl (C=O) groups is 1. The third kappa shape index (κ3) is 3.21. The van der Waals surface area contributed by atoms with Crippen LogP contribution in [0, 0.1) is 19.8 Å². The summed E-state index contributed by atoms with van der Waals surface area (Å²) in [6.45, 7) is 7.69. The summed E-state index contributed by atoms with van der Waals surface area (Å²) >= 11 is 0. The molecule has 0 bridgehead atoms. The number of ether oxygens (including phenoxy) is 1. The van der Waals surface area contributed by atoms with Crippen LogP contribution in [0.5, 0.6) is 0 Å². The van der Waals surface area contributed by atoms with Gasteiger partial charge in [0.1, 0.15) is 6.33 Å². The zero-order valence-corrected chi connectivity index (χ0v) is 16.6. The highest BCUT2D eigenvalue weighted by Gasteiger charge is 2.24. The van der Waals surface area contributed by atoms with E-state index >= 15 is 0 Å². The molecule has 1 saturated heterocycles. The first-order chi connectivity index (χ1) is 14.1. The maximum absolute atomic E-state index is 12.5. The molecule has 0 aromatic carbocycles. The fraction of sp³-hybridized carbons (Fsp3) is 0.450. The first-order valence-corrected chi connectivity index (χ1v) is 9.86. The normalized spacial score (nSPS) is 16.6. The SMILES string of the molecule is Cc1c(N2CCc3ncc(C(=O)NCC4COC4)cc3C2)nn2cnnc2c1C. The maximum Gasteiger partial charge on any atom is 0.252 e. The third-order valence-electron chi connectivity index (χ3n) is 5.83. The van der Waals surface area contributed by atoms with Gasteiger partial charge in [-0.05, 0) is 25.5 Å². The van der Waals surface area contributed by atoms with Gasteiger partial charge < -0.3 is 15.0 Å². The van der Waals surface area contributed by atoms with E-state index in [4.69, 9.17) is 9.84 Å². The van der Waals surface area contributed by atoms with E-state index in [1.807, 2.05) is 13.0 Å². The van der Waals surface area contributed by atoms with Crippen molar-refractivity contribution in [2.45, 2.75) is 26.8 Å². The van der Waals surface area contributed by atoms with Gasteiger partial charge in [-0.2, -0.15) is 4.52 Å². The van der Waals surface area contributed by atoms with Gasteiger partial charge in [-0.3, -0.25) is 9.78 Å². The lowest BCUT2D eigenvalue weighted by Crippen LogP contribution is -2.39. The van der Waals surface area contributed by atoms with E-state index in [0.29, 0.717) is 24.6 Å². The van der Waals surface area contributed by atoms with Crippen LogP contribution in [-0.2, 0) is 17.7 Å². The molecule has 2 aliphatic rings. The average Bonchev–Trinajstić information content (AvgIpc) is 3.17. The van der Waals surface area contributed by atoms with Crippen molar-refractivity contribution in [3.63, 3.8) is 0 Å². The third-order valence-corrected chi connectivity index (χ3v) is 5.83. The summed E-state index contributed by atoms with van der Waals surface area (Å²) in [6, 6.07) is 1.96. The largest absolute Gasteiger partial charge is 0.381 e. The predicted molar refractivity (Wildman–Crippen MR) is 106 cm³/mol. The Labute approximate surface area is 168 Å². The first kappa shape index (κ1) is 18.0. The highest BCUT2D eigenvalue weighted by atomic mass is 16.5. The molecule has 0 unspecified atom stereocenters. The fourth-order valence-electron chi connectivity index (χ4n) is 3.84. The van der Waals surface area contributed by atoms with Crippen molar-refractivity contribution in [1.82, 2.24) is 30.1 Å². The van der Waals surface area contributed by atoms with Gasteiger partial charge in [0, 0.05) is 55.0 Å². The van der Waals surface area contributed by atoms with Gasteiger partial charge in [0.05, 0.1) is 18.8 Å². The van der Waals surface area contributed by atoms with Crippen molar-refractivity contribution < 1.29 is 9.53 Å². The average molecular weight is 393 g/mol. The van der Waals surface area contributed by atoms with Gasteiger partial charge in [-0.1, -0.05) is 0 Å². The monoisotopic (exact) mass is 393 g/mol. The molecule has 150 valence electrons. The molecule has 29 heavy (non-hydrogen) atoms. The molecule has 0 aliphatic carbocycles. The molecule has 1 amide bonds. The van der Waals surface area contributed by atoms with E-state index in [2.05, 4.69) is 32.3 Å². The number of aromatic nitrogens is 5. The summed E-state index contributed by atoms with van der Waals surface area (Å²) in [5.74, 6) is 1.26. The van der Waals surface area contributed by atoms with Crippen LogP contribution < -0.4 is 10.2 Å². The molecule has 0 saturated carbocycles. The van der Waals surface area contributed by atoms with Crippen LogP contribution in [0.3, 0.4) is 0 Å². The Balaban J connectivity index is 1.38. The fourth-order valence-corrected chi connectivity index (χ4v) is 3.84. The summed E-state index contributed by atoms with van der Waals surface area (Å²) in [7, 11) is 0. The molecule has 3 aromatic rings. The molecule has 1 fully saturated rings. The number of nitrogens with one attached hydrogen (secondary N) is 1. The van der Waals surface area contributed by atoms with E-state index in [-0.39, 0.29) is 5.91 Å². The van der Waals surface area contributed by atoms with Crippen molar-refractivity contribution in [2.75, 3.05) is 31.2 Å². The zero-order chi connectivity index (χ0) is 20.0. The number of carbonyl (C=O) groups excluding carboxylic acids is 1. The predicted octanol–water partition coefficient (Wildman–Crippen LogP) is 1.08. The minimum Gasteiger partial charge on any atom is -0.381 e. The van der Waals surface area contributed by atoms with Crippen molar-refractivity contribution in [2.24, 2.45) is 5.92 Å².